The Balaban J connectivity index is 1.90. The van der Waals surface area contributed by atoms with Crippen molar-refractivity contribution in [3.8, 4) is 5.75 Å². The lowest BCUT2D eigenvalue weighted by Gasteiger charge is -2.07. The summed E-state index contributed by atoms with van der Waals surface area (Å²) in [7, 11) is 0. The van der Waals surface area contributed by atoms with Crippen LogP contribution in [0.3, 0.4) is 0 Å². The number of nitrogens with one attached hydrogen (secondary N) is 1. The van der Waals surface area contributed by atoms with Crippen molar-refractivity contribution < 1.29 is 13.9 Å². The zero-order valence-corrected chi connectivity index (χ0v) is 11.4. The van der Waals surface area contributed by atoms with Gasteiger partial charge in [-0.1, -0.05) is 11.6 Å². The number of aryl methyl sites for hydroxylation is 1. The number of benzene rings is 1. The highest BCUT2D eigenvalue weighted by molar-refractivity contribution is 6.30. The van der Waals surface area contributed by atoms with Crippen LogP contribution < -0.4 is 10.1 Å². The minimum atomic E-state index is -0.535. The third kappa shape index (κ3) is 3.93. The van der Waals surface area contributed by atoms with Gasteiger partial charge in [-0.25, -0.2) is 9.37 Å². The predicted octanol–water partition coefficient (Wildman–Crippen LogP) is 3.20. The van der Waals surface area contributed by atoms with E-state index in [1.54, 1.807) is 12.3 Å². The van der Waals surface area contributed by atoms with Gasteiger partial charge in [0.25, 0.3) is 5.91 Å². The third-order valence-corrected chi connectivity index (χ3v) is 2.73. The molecule has 2 aromatic rings. The van der Waals surface area contributed by atoms with Crippen LogP contribution in [-0.4, -0.2) is 17.5 Å². The monoisotopic (exact) mass is 294 g/mol. The number of anilines is 1. The van der Waals surface area contributed by atoms with Crippen LogP contribution in [0.4, 0.5) is 10.2 Å². The topological polar surface area (TPSA) is 51.2 Å². The van der Waals surface area contributed by atoms with Crippen molar-refractivity contribution in [2.45, 2.75) is 6.92 Å². The molecule has 0 fully saturated rings. The van der Waals surface area contributed by atoms with Gasteiger partial charge in [0, 0.05) is 12.3 Å². The molecule has 0 saturated heterocycles. The molecule has 104 valence electrons. The van der Waals surface area contributed by atoms with E-state index in [4.69, 9.17) is 16.3 Å². The smallest absolute Gasteiger partial charge is 0.263 e. The number of carbonyl (C=O) groups excluding carboxylic acids is 1. The Labute approximate surface area is 120 Å². The van der Waals surface area contributed by atoms with Crippen molar-refractivity contribution in [3.63, 3.8) is 0 Å². The van der Waals surface area contributed by atoms with Gasteiger partial charge in [-0.05, 0) is 36.8 Å². The number of ether oxygens (including phenoxy) is 1. The van der Waals surface area contributed by atoms with Gasteiger partial charge in [0.2, 0.25) is 0 Å². The molecular formula is C14H12ClFN2O2. The molecule has 1 N–H and O–H groups in total. The Kier molecular flexibility index (Phi) is 4.53. The van der Waals surface area contributed by atoms with Gasteiger partial charge in [-0.3, -0.25) is 4.79 Å². The molecule has 0 radical (unpaired) electrons. The average Bonchev–Trinajstić information content (AvgIpc) is 2.40. The predicted molar refractivity (Wildman–Crippen MR) is 74.5 cm³/mol. The largest absolute Gasteiger partial charge is 0.484 e. The highest BCUT2D eigenvalue weighted by atomic mass is 35.5. The number of carbonyl (C=O) groups is 1. The first kappa shape index (κ1) is 14.3. The van der Waals surface area contributed by atoms with E-state index in [-0.39, 0.29) is 17.5 Å². The lowest BCUT2D eigenvalue weighted by Crippen LogP contribution is -2.20. The molecule has 2 rings (SSSR count). The zero-order valence-electron chi connectivity index (χ0n) is 10.7. The maximum atomic E-state index is 12.9. The first-order chi connectivity index (χ1) is 9.54. The fraction of sp³-hybridized carbons (Fsp3) is 0.143. The fourth-order valence-electron chi connectivity index (χ4n) is 1.50. The van der Waals surface area contributed by atoms with E-state index in [0.717, 1.165) is 5.56 Å². The summed E-state index contributed by atoms with van der Waals surface area (Å²) in [5.41, 5.74) is 0.988. The van der Waals surface area contributed by atoms with Crippen molar-refractivity contribution in [2.24, 2.45) is 0 Å². The van der Waals surface area contributed by atoms with Crippen LogP contribution in [0.25, 0.3) is 0 Å². The molecule has 0 bridgehead atoms. The quantitative estimate of drug-likeness (QED) is 0.942. The fourth-order valence-corrected chi connectivity index (χ4v) is 1.67. The van der Waals surface area contributed by atoms with E-state index < -0.39 is 5.82 Å². The minimum absolute atomic E-state index is 0.0525. The number of amides is 1. The summed E-state index contributed by atoms with van der Waals surface area (Å²) in [5.74, 6) is -0.115. The van der Waals surface area contributed by atoms with Gasteiger partial charge in [-0.2, -0.15) is 0 Å². The summed E-state index contributed by atoms with van der Waals surface area (Å²) in [5, 5.41) is 2.54. The molecule has 1 aromatic carbocycles. The summed E-state index contributed by atoms with van der Waals surface area (Å²) in [6.45, 7) is 1.69. The zero-order chi connectivity index (χ0) is 14.5. The first-order valence-corrected chi connectivity index (χ1v) is 6.23. The van der Waals surface area contributed by atoms with Crippen LogP contribution in [0.1, 0.15) is 5.56 Å². The molecular weight excluding hydrogens is 283 g/mol. The van der Waals surface area contributed by atoms with Crippen LogP contribution in [0.5, 0.6) is 5.75 Å². The SMILES string of the molecule is Cc1ccnc(NC(=O)COc2ccc(F)c(Cl)c2)c1. The van der Waals surface area contributed by atoms with Crippen molar-refractivity contribution in [1.82, 2.24) is 4.98 Å². The Bertz CT molecular complexity index is 634. The summed E-state index contributed by atoms with van der Waals surface area (Å²) in [4.78, 5) is 15.7. The van der Waals surface area contributed by atoms with Crippen LogP contribution in [-0.2, 0) is 4.79 Å². The molecule has 0 atom stereocenters. The van der Waals surface area contributed by atoms with E-state index in [9.17, 15) is 9.18 Å². The van der Waals surface area contributed by atoms with Crippen molar-refractivity contribution in [1.29, 1.82) is 0 Å². The van der Waals surface area contributed by atoms with Crippen LogP contribution >= 0.6 is 11.6 Å². The third-order valence-electron chi connectivity index (χ3n) is 2.44. The highest BCUT2D eigenvalue weighted by Gasteiger charge is 2.06. The van der Waals surface area contributed by atoms with Gasteiger partial charge >= 0.3 is 0 Å². The number of aromatic nitrogens is 1. The van der Waals surface area contributed by atoms with E-state index in [2.05, 4.69) is 10.3 Å². The molecule has 0 aliphatic carbocycles. The van der Waals surface area contributed by atoms with Crippen molar-refractivity contribution >= 4 is 23.3 Å². The number of rotatable bonds is 4. The lowest BCUT2D eigenvalue weighted by molar-refractivity contribution is -0.118. The number of halogens is 2. The summed E-state index contributed by atoms with van der Waals surface area (Å²) >= 11 is 5.61. The normalized spacial score (nSPS) is 10.2. The molecule has 0 unspecified atom stereocenters. The standard InChI is InChI=1S/C14H12ClFN2O2/c1-9-4-5-17-13(6-9)18-14(19)8-20-10-2-3-12(16)11(15)7-10/h2-7H,8H2,1H3,(H,17,18,19). The maximum absolute atomic E-state index is 12.9. The van der Waals surface area contributed by atoms with Crippen LogP contribution in [0.15, 0.2) is 36.5 Å². The second-order valence-corrected chi connectivity index (χ2v) is 4.54. The minimum Gasteiger partial charge on any atom is -0.484 e. The van der Waals surface area contributed by atoms with Gasteiger partial charge in [-0.15, -0.1) is 0 Å². The molecule has 1 aromatic heterocycles. The maximum Gasteiger partial charge on any atom is 0.263 e. The van der Waals surface area contributed by atoms with Gasteiger partial charge < -0.3 is 10.1 Å². The molecule has 0 aliphatic heterocycles. The number of pyridine rings is 1. The molecule has 0 spiro atoms. The van der Waals surface area contributed by atoms with Crippen LogP contribution in [0.2, 0.25) is 5.02 Å². The summed E-state index contributed by atoms with van der Waals surface area (Å²) in [6.07, 6.45) is 1.60. The number of hydrogen-bond acceptors (Lipinski definition) is 3. The van der Waals surface area contributed by atoms with Crippen molar-refractivity contribution in [2.75, 3.05) is 11.9 Å². The van der Waals surface area contributed by atoms with Crippen LogP contribution in [0, 0.1) is 12.7 Å². The Morgan fingerprint density at radius 2 is 2.20 bits per heavy atom. The average molecular weight is 295 g/mol. The Hall–Kier alpha value is -2.14. The molecule has 4 nitrogen and oxygen atoms in total. The molecule has 1 amide bonds. The lowest BCUT2D eigenvalue weighted by atomic mass is 10.3. The molecule has 0 aliphatic rings. The van der Waals surface area contributed by atoms with Gasteiger partial charge in [0.15, 0.2) is 6.61 Å². The molecule has 0 saturated carbocycles. The summed E-state index contributed by atoms with van der Waals surface area (Å²) < 4.78 is 18.2. The summed E-state index contributed by atoms with van der Waals surface area (Å²) in [6, 6.07) is 7.46. The van der Waals surface area contributed by atoms with Crippen molar-refractivity contribution in [3.05, 3.63) is 52.9 Å². The molecule has 20 heavy (non-hydrogen) atoms. The number of nitrogens with zero attached hydrogens (tertiary/aromatic N) is 1. The van der Waals surface area contributed by atoms with E-state index >= 15 is 0 Å². The Morgan fingerprint density at radius 1 is 1.40 bits per heavy atom. The van der Waals surface area contributed by atoms with E-state index in [1.165, 1.54) is 18.2 Å². The van der Waals surface area contributed by atoms with Gasteiger partial charge in [0.05, 0.1) is 5.02 Å². The van der Waals surface area contributed by atoms with E-state index in [0.29, 0.717) is 11.6 Å². The first-order valence-electron chi connectivity index (χ1n) is 5.85. The second-order valence-electron chi connectivity index (χ2n) is 4.13. The highest BCUT2D eigenvalue weighted by Crippen LogP contribution is 2.21. The molecule has 6 heteroatoms. The van der Waals surface area contributed by atoms with E-state index in [1.807, 2.05) is 13.0 Å². The number of hydrogen-bond donors (Lipinski definition) is 1. The Morgan fingerprint density at radius 3 is 2.90 bits per heavy atom. The van der Waals surface area contributed by atoms with Gasteiger partial charge in [0.1, 0.15) is 17.4 Å². The second kappa shape index (κ2) is 6.34. The molecule has 1 heterocycles.